The van der Waals surface area contributed by atoms with E-state index in [9.17, 15) is 0 Å². The number of aryl methyl sites for hydroxylation is 1. The highest BCUT2D eigenvalue weighted by Gasteiger charge is 2.43. The predicted octanol–water partition coefficient (Wildman–Crippen LogP) is 1.80. The Bertz CT molecular complexity index is 399. The Morgan fingerprint density at radius 1 is 1.24 bits per heavy atom. The molecule has 17 heavy (non-hydrogen) atoms. The van der Waals surface area contributed by atoms with Crippen molar-refractivity contribution in [3.63, 3.8) is 0 Å². The predicted molar refractivity (Wildman–Crippen MR) is 65.5 cm³/mol. The van der Waals surface area contributed by atoms with E-state index in [-0.39, 0.29) is 0 Å². The van der Waals surface area contributed by atoms with Gasteiger partial charge in [0.1, 0.15) is 0 Å². The summed E-state index contributed by atoms with van der Waals surface area (Å²) in [6.45, 7) is 2.08. The number of hydrogen-bond donors (Lipinski definition) is 1. The first kappa shape index (κ1) is 11.2. The monoisotopic (exact) mass is 233 g/mol. The molecule has 3 heteroatoms. The number of rotatable bonds is 1. The first-order valence-corrected chi connectivity index (χ1v) is 6.40. The summed E-state index contributed by atoms with van der Waals surface area (Å²) in [6, 6.07) is 8.47. The fourth-order valence-corrected chi connectivity index (χ4v) is 2.99. The second-order valence-electron chi connectivity index (χ2n) is 4.95. The summed E-state index contributed by atoms with van der Waals surface area (Å²) in [6.07, 6.45) is 3.09. The normalized spacial score (nSPS) is 26.8. The zero-order valence-electron chi connectivity index (χ0n) is 10.0. The molecule has 0 aromatic heterocycles. The van der Waals surface area contributed by atoms with Gasteiger partial charge in [-0.1, -0.05) is 24.3 Å². The van der Waals surface area contributed by atoms with Gasteiger partial charge in [-0.25, -0.2) is 0 Å². The number of hydrogen-bond acceptors (Lipinski definition) is 3. The highest BCUT2D eigenvalue weighted by molar-refractivity contribution is 5.33. The van der Waals surface area contributed by atoms with Crippen molar-refractivity contribution in [1.82, 2.24) is 0 Å². The minimum absolute atomic E-state index is 0.487. The van der Waals surface area contributed by atoms with Crippen LogP contribution in [0.2, 0.25) is 0 Å². The van der Waals surface area contributed by atoms with Crippen molar-refractivity contribution in [2.45, 2.75) is 25.0 Å². The van der Waals surface area contributed by atoms with Gasteiger partial charge in [0.25, 0.3) is 0 Å². The van der Waals surface area contributed by atoms with Crippen LogP contribution in [-0.4, -0.2) is 19.8 Å². The maximum atomic E-state index is 5.94. The van der Waals surface area contributed by atoms with E-state index in [2.05, 4.69) is 24.3 Å². The molecule has 1 fully saturated rings. The Morgan fingerprint density at radius 3 is 2.76 bits per heavy atom. The maximum Gasteiger partial charge on any atom is 0.195 e. The molecule has 1 unspecified atom stereocenters. The van der Waals surface area contributed by atoms with Crippen LogP contribution < -0.4 is 5.73 Å². The lowest BCUT2D eigenvalue weighted by molar-refractivity contribution is -0.177. The smallest absolute Gasteiger partial charge is 0.195 e. The second-order valence-corrected chi connectivity index (χ2v) is 4.95. The van der Waals surface area contributed by atoms with Gasteiger partial charge in [0, 0.05) is 12.0 Å². The van der Waals surface area contributed by atoms with Crippen LogP contribution in [0.5, 0.6) is 0 Å². The van der Waals surface area contributed by atoms with Crippen LogP contribution in [0.25, 0.3) is 0 Å². The van der Waals surface area contributed by atoms with Gasteiger partial charge in [-0.15, -0.1) is 0 Å². The summed E-state index contributed by atoms with van der Waals surface area (Å²) in [5, 5.41) is 0. The molecule has 0 radical (unpaired) electrons. The van der Waals surface area contributed by atoms with E-state index < -0.39 is 5.79 Å². The van der Waals surface area contributed by atoms with Crippen molar-refractivity contribution in [1.29, 1.82) is 0 Å². The number of nitrogens with two attached hydrogens (primary N) is 1. The van der Waals surface area contributed by atoms with E-state index in [0.717, 1.165) is 19.3 Å². The van der Waals surface area contributed by atoms with Crippen LogP contribution >= 0.6 is 0 Å². The molecule has 1 aromatic rings. The summed E-state index contributed by atoms with van der Waals surface area (Å²) in [5.74, 6) is -0.0302. The van der Waals surface area contributed by atoms with Crippen LogP contribution in [0.3, 0.4) is 0 Å². The standard InChI is InChI=1S/C14H19NO2/c15-10-11-5-6-12-3-1-2-4-13(12)14(9-11)16-7-8-17-14/h1-4,11H,5-10,15H2. The summed E-state index contributed by atoms with van der Waals surface area (Å²) >= 11 is 0. The molecule has 1 aliphatic heterocycles. The summed E-state index contributed by atoms with van der Waals surface area (Å²) in [4.78, 5) is 0. The molecule has 0 amide bonds. The Morgan fingerprint density at radius 2 is 2.00 bits per heavy atom. The first-order chi connectivity index (χ1) is 8.34. The molecule has 1 heterocycles. The summed E-state index contributed by atoms with van der Waals surface area (Å²) in [7, 11) is 0. The molecule has 1 aliphatic carbocycles. The van der Waals surface area contributed by atoms with Gasteiger partial charge in [0.2, 0.25) is 0 Å². The third-order valence-corrected chi connectivity index (χ3v) is 3.89. The molecular formula is C14H19NO2. The molecule has 1 atom stereocenters. The number of benzene rings is 1. The fourth-order valence-electron chi connectivity index (χ4n) is 2.99. The van der Waals surface area contributed by atoms with Crippen LogP contribution in [-0.2, 0) is 21.7 Å². The van der Waals surface area contributed by atoms with Crippen LogP contribution in [0.4, 0.5) is 0 Å². The molecule has 1 aromatic carbocycles. The van der Waals surface area contributed by atoms with Gasteiger partial charge < -0.3 is 15.2 Å². The molecule has 3 nitrogen and oxygen atoms in total. The minimum Gasteiger partial charge on any atom is -0.343 e. The fraction of sp³-hybridized carbons (Fsp3) is 0.571. The van der Waals surface area contributed by atoms with Gasteiger partial charge in [0.15, 0.2) is 5.79 Å². The topological polar surface area (TPSA) is 44.5 Å². The molecule has 1 saturated heterocycles. The molecule has 3 rings (SSSR count). The van der Waals surface area contributed by atoms with E-state index in [4.69, 9.17) is 15.2 Å². The maximum absolute atomic E-state index is 5.94. The van der Waals surface area contributed by atoms with Crippen molar-refractivity contribution in [3.8, 4) is 0 Å². The highest BCUT2D eigenvalue weighted by atomic mass is 16.7. The lowest BCUT2D eigenvalue weighted by Gasteiger charge is -2.30. The molecule has 92 valence electrons. The largest absolute Gasteiger partial charge is 0.343 e. The van der Waals surface area contributed by atoms with Gasteiger partial charge in [-0.2, -0.15) is 0 Å². The zero-order valence-corrected chi connectivity index (χ0v) is 10.0. The van der Waals surface area contributed by atoms with Crippen molar-refractivity contribution in [2.75, 3.05) is 19.8 Å². The average Bonchev–Trinajstić information content (AvgIpc) is 2.77. The quantitative estimate of drug-likeness (QED) is 0.804. The average molecular weight is 233 g/mol. The molecule has 2 aliphatic rings. The van der Waals surface area contributed by atoms with Gasteiger partial charge in [0.05, 0.1) is 13.2 Å². The van der Waals surface area contributed by atoms with Gasteiger partial charge >= 0.3 is 0 Å². The Hall–Kier alpha value is -0.900. The third kappa shape index (κ3) is 1.88. The SMILES string of the molecule is NCC1CCc2ccccc2C2(C1)OCCO2. The van der Waals surface area contributed by atoms with Crippen LogP contribution in [0.1, 0.15) is 24.0 Å². The van der Waals surface area contributed by atoms with Gasteiger partial charge in [-0.05, 0) is 30.9 Å². The van der Waals surface area contributed by atoms with E-state index in [1.54, 1.807) is 0 Å². The Kier molecular flexibility index (Phi) is 2.90. The van der Waals surface area contributed by atoms with Crippen LogP contribution in [0, 0.1) is 5.92 Å². The van der Waals surface area contributed by atoms with E-state index >= 15 is 0 Å². The van der Waals surface area contributed by atoms with E-state index in [0.29, 0.717) is 25.7 Å². The van der Waals surface area contributed by atoms with E-state index in [1.807, 2.05) is 0 Å². The number of ether oxygens (including phenoxy) is 2. The zero-order chi connectivity index (χ0) is 11.7. The Balaban J connectivity index is 2.03. The van der Waals surface area contributed by atoms with Crippen molar-refractivity contribution < 1.29 is 9.47 Å². The molecular weight excluding hydrogens is 214 g/mol. The number of fused-ring (bicyclic) bond motifs is 2. The third-order valence-electron chi connectivity index (χ3n) is 3.89. The highest BCUT2D eigenvalue weighted by Crippen LogP contribution is 2.42. The Labute approximate surface area is 102 Å². The lowest BCUT2D eigenvalue weighted by Crippen LogP contribution is -2.31. The van der Waals surface area contributed by atoms with Crippen LogP contribution in [0.15, 0.2) is 24.3 Å². The van der Waals surface area contributed by atoms with Gasteiger partial charge in [-0.3, -0.25) is 0 Å². The van der Waals surface area contributed by atoms with Crippen molar-refractivity contribution in [3.05, 3.63) is 35.4 Å². The molecule has 2 N–H and O–H groups in total. The first-order valence-electron chi connectivity index (χ1n) is 6.40. The molecule has 0 bridgehead atoms. The molecule has 1 spiro atoms. The summed E-state index contributed by atoms with van der Waals surface area (Å²) < 4.78 is 11.9. The lowest BCUT2D eigenvalue weighted by atomic mass is 9.94. The second kappa shape index (κ2) is 4.41. The van der Waals surface area contributed by atoms with Crippen molar-refractivity contribution >= 4 is 0 Å². The minimum atomic E-state index is -0.517. The summed E-state index contributed by atoms with van der Waals surface area (Å²) in [5.41, 5.74) is 8.42. The molecule has 0 saturated carbocycles. The van der Waals surface area contributed by atoms with Crippen molar-refractivity contribution in [2.24, 2.45) is 11.7 Å². The van der Waals surface area contributed by atoms with E-state index in [1.165, 1.54) is 11.1 Å².